The minimum Gasteiger partial charge on any atom is -0.479 e. The van der Waals surface area contributed by atoms with Gasteiger partial charge in [0.1, 0.15) is 11.6 Å². The number of ether oxygens (including phenoxy) is 2. The van der Waals surface area contributed by atoms with Crippen molar-refractivity contribution < 1.29 is 28.6 Å². The van der Waals surface area contributed by atoms with Crippen molar-refractivity contribution in [3.05, 3.63) is 47.4 Å². The summed E-state index contributed by atoms with van der Waals surface area (Å²) in [5, 5.41) is 21.7. The van der Waals surface area contributed by atoms with Crippen LogP contribution in [0.1, 0.15) is 17.3 Å². The van der Waals surface area contributed by atoms with Gasteiger partial charge in [0.15, 0.2) is 6.04 Å². The number of fused-ring (bicyclic) bond motifs is 1. The molecule has 3 rings (SSSR count). The second-order valence-electron chi connectivity index (χ2n) is 5.87. The molecule has 11 heteroatoms. The van der Waals surface area contributed by atoms with E-state index in [9.17, 15) is 19.1 Å². The highest BCUT2D eigenvalue weighted by Crippen LogP contribution is 2.27. The van der Waals surface area contributed by atoms with Gasteiger partial charge in [0.25, 0.3) is 0 Å². The van der Waals surface area contributed by atoms with Gasteiger partial charge in [0.05, 0.1) is 37.4 Å². The van der Waals surface area contributed by atoms with Crippen LogP contribution in [0.15, 0.2) is 30.3 Å². The van der Waals surface area contributed by atoms with Crippen molar-refractivity contribution in [3.8, 4) is 5.88 Å². The van der Waals surface area contributed by atoms with E-state index in [1.165, 1.54) is 44.6 Å². The Morgan fingerprint density at radius 3 is 2.62 bits per heavy atom. The first-order valence-corrected chi connectivity index (χ1v) is 8.40. The van der Waals surface area contributed by atoms with Crippen molar-refractivity contribution in [1.82, 2.24) is 20.5 Å². The maximum absolute atomic E-state index is 13.1. The smallest absolute Gasteiger partial charge is 0.333 e. The highest BCUT2D eigenvalue weighted by molar-refractivity contribution is 5.95. The molecule has 3 aromatic rings. The molecule has 0 aliphatic carbocycles. The summed E-state index contributed by atoms with van der Waals surface area (Å²) >= 11 is 0. The summed E-state index contributed by atoms with van der Waals surface area (Å²) in [6.07, 6.45) is 0. The quantitative estimate of drug-likeness (QED) is 0.459. The maximum Gasteiger partial charge on any atom is 0.333 e. The number of urea groups is 1. The molecule has 2 amide bonds. The Morgan fingerprint density at radius 2 is 2.00 bits per heavy atom. The van der Waals surface area contributed by atoms with Crippen LogP contribution >= 0.6 is 0 Å². The van der Waals surface area contributed by atoms with Gasteiger partial charge in [-0.1, -0.05) is 12.1 Å². The number of aliphatic hydroxyl groups is 1. The second kappa shape index (κ2) is 8.52. The lowest BCUT2D eigenvalue weighted by molar-refractivity contribution is -0.143. The van der Waals surface area contributed by atoms with Crippen LogP contribution in [0.4, 0.5) is 15.0 Å². The number of H-pyrrole nitrogens is 1. The number of rotatable bonds is 6. The highest BCUT2D eigenvalue weighted by atomic mass is 19.1. The van der Waals surface area contributed by atoms with E-state index in [0.717, 1.165) is 0 Å². The summed E-state index contributed by atoms with van der Waals surface area (Å²) in [4.78, 5) is 28.7. The molecule has 0 unspecified atom stereocenters. The third-order valence-corrected chi connectivity index (χ3v) is 4.09. The van der Waals surface area contributed by atoms with Crippen LogP contribution in [0.25, 0.3) is 10.9 Å². The number of benzene rings is 1. The zero-order valence-corrected chi connectivity index (χ0v) is 15.5. The number of hydrogen-bond donors (Lipinski definition) is 4. The van der Waals surface area contributed by atoms with Crippen molar-refractivity contribution in [3.63, 3.8) is 0 Å². The van der Waals surface area contributed by atoms with Gasteiger partial charge in [0.2, 0.25) is 5.88 Å². The van der Waals surface area contributed by atoms with Crippen molar-refractivity contribution in [2.45, 2.75) is 12.6 Å². The number of esters is 1. The Balaban J connectivity index is 1.83. The zero-order valence-electron chi connectivity index (χ0n) is 15.5. The van der Waals surface area contributed by atoms with Crippen LogP contribution in [0.2, 0.25) is 0 Å². The molecule has 2 aromatic heterocycles. The number of amides is 2. The normalized spacial score (nSPS) is 11.7. The summed E-state index contributed by atoms with van der Waals surface area (Å²) < 4.78 is 23.0. The minimum atomic E-state index is -1.16. The summed E-state index contributed by atoms with van der Waals surface area (Å²) in [5.41, 5.74) is 1.07. The average Bonchev–Trinajstić information content (AvgIpc) is 3.14. The molecule has 152 valence electrons. The lowest BCUT2D eigenvalue weighted by atomic mass is 10.1. The lowest BCUT2D eigenvalue weighted by Crippen LogP contribution is -2.37. The Bertz CT molecular complexity index is 1040. The summed E-state index contributed by atoms with van der Waals surface area (Å²) in [5.74, 6) is -0.849. The van der Waals surface area contributed by atoms with Gasteiger partial charge in [-0.15, -0.1) is 5.10 Å². The number of anilines is 1. The number of halogens is 1. The number of nitrogens with zero attached hydrogens (tertiary/aromatic N) is 2. The number of carbonyl (C=O) groups is 2. The summed E-state index contributed by atoms with van der Waals surface area (Å²) in [6, 6.07) is 4.64. The Morgan fingerprint density at radius 1 is 1.28 bits per heavy atom. The fraction of sp³-hybridized carbons (Fsp3) is 0.222. The molecule has 29 heavy (non-hydrogen) atoms. The number of nitrogens with one attached hydrogen (secondary N) is 3. The summed E-state index contributed by atoms with van der Waals surface area (Å²) in [7, 11) is 2.60. The first-order chi connectivity index (χ1) is 14.0. The molecular formula is C18H18FN5O5. The van der Waals surface area contributed by atoms with E-state index >= 15 is 0 Å². The van der Waals surface area contributed by atoms with Gasteiger partial charge in [-0.25, -0.2) is 19.0 Å². The van der Waals surface area contributed by atoms with Crippen LogP contribution < -0.4 is 15.4 Å². The number of aromatic nitrogens is 3. The molecular weight excluding hydrogens is 385 g/mol. The zero-order chi connectivity index (χ0) is 21.0. The van der Waals surface area contributed by atoms with Crippen molar-refractivity contribution in [2.24, 2.45) is 0 Å². The first kappa shape index (κ1) is 20.0. The van der Waals surface area contributed by atoms with Gasteiger partial charge in [0, 0.05) is 6.07 Å². The molecule has 4 N–H and O–H groups in total. The highest BCUT2D eigenvalue weighted by Gasteiger charge is 2.24. The van der Waals surface area contributed by atoms with E-state index in [0.29, 0.717) is 16.5 Å². The standard InChI is InChI=1S/C18H18FN5O5/c1-28-16-14-11(23-24-16)7-13(20-12(14)8-25)21-18(27)22-15(17(26)29-2)9-3-5-10(19)6-4-9/h3-7,15,25H,8H2,1-2H3,(H,23,24)(H2,20,21,22,27)/t15-/m0/s1. The van der Waals surface area contributed by atoms with Crippen LogP contribution in [-0.4, -0.2) is 46.5 Å². The van der Waals surface area contributed by atoms with Crippen LogP contribution in [0.5, 0.6) is 5.88 Å². The molecule has 1 atom stereocenters. The largest absolute Gasteiger partial charge is 0.479 e. The number of methoxy groups -OCH3 is 2. The van der Waals surface area contributed by atoms with Gasteiger partial charge in [-0.2, -0.15) is 0 Å². The molecule has 0 saturated heterocycles. The van der Waals surface area contributed by atoms with Gasteiger partial charge >= 0.3 is 12.0 Å². The predicted molar refractivity (Wildman–Crippen MR) is 99.7 cm³/mol. The van der Waals surface area contributed by atoms with E-state index in [1.807, 2.05) is 0 Å². The van der Waals surface area contributed by atoms with Crippen LogP contribution in [0.3, 0.4) is 0 Å². The van der Waals surface area contributed by atoms with E-state index in [2.05, 4.69) is 25.8 Å². The number of carbonyl (C=O) groups excluding carboxylic acids is 2. The summed E-state index contributed by atoms with van der Waals surface area (Å²) in [6.45, 7) is -0.413. The van der Waals surface area contributed by atoms with Crippen LogP contribution in [0, 0.1) is 5.82 Å². The molecule has 0 spiro atoms. The Labute approximate surface area is 164 Å². The fourth-order valence-corrected chi connectivity index (χ4v) is 2.75. The molecule has 0 fully saturated rings. The van der Waals surface area contributed by atoms with E-state index in [-0.39, 0.29) is 17.4 Å². The fourth-order valence-electron chi connectivity index (χ4n) is 2.75. The van der Waals surface area contributed by atoms with Crippen LogP contribution in [-0.2, 0) is 16.1 Å². The molecule has 0 aliphatic rings. The number of hydrogen-bond acceptors (Lipinski definition) is 7. The van der Waals surface area contributed by atoms with Crippen molar-refractivity contribution >= 4 is 28.7 Å². The molecule has 1 aromatic carbocycles. The molecule has 0 bridgehead atoms. The molecule has 2 heterocycles. The lowest BCUT2D eigenvalue weighted by Gasteiger charge is -2.17. The number of aromatic amines is 1. The third-order valence-electron chi connectivity index (χ3n) is 4.09. The van der Waals surface area contributed by atoms with Crippen molar-refractivity contribution in [1.29, 1.82) is 0 Å². The van der Waals surface area contributed by atoms with Gasteiger partial charge in [-0.05, 0) is 17.7 Å². The van der Waals surface area contributed by atoms with E-state index < -0.39 is 30.5 Å². The Hall–Kier alpha value is -3.73. The molecule has 0 radical (unpaired) electrons. The van der Waals surface area contributed by atoms with Crippen molar-refractivity contribution in [2.75, 3.05) is 19.5 Å². The topological polar surface area (TPSA) is 138 Å². The van der Waals surface area contributed by atoms with E-state index in [1.54, 1.807) is 0 Å². The van der Waals surface area contributed by atoms with Gasteiger partial charge < -0.3 is 19.9 Å². The monoisotopic (exact) mass is 403 g/mol. The number of pyridine rings is 1. The minimum absolute atomic E-state index is 0.105. The predicted octanol–water partition coefficient (Wildman–Crippen LogP) is 1.63. The SMILES string of the molecule is COC(=O)[C@@H](NC(=O)Nc1cc2[nH]nc(OC)c2c(CO)n1)c1ccc(F)cc1. The maximum atomic E-state index is 13.1. The third kappa shape index (κ3) is 4.24. The number of aliphatic hydroxyl groups excluding tert-OH is 1. The molecule has 0 aliphatic heterocycles. The van der Waals surface area contributed by atoms with E-state index in [4.69, 9.17) is 9.47 Å². The van der Waals surface area contributed by atoms with Gasteiger partial charge in [-0.3, -0.25) is 10.4 Å². The second-order valence-corrected chi connectivity index (χ2v) is 5.87. The first-order valence-electron chi connectivity index (χ1n) is 8.40. The molecule has 0 saturated carbocycles. The average molecular weight is 403 g/mol. The Kier molecular flexibility index (Phi) is 5.88. The molecule has 10 nitrogen and oxygen atoms in total.